The van der Waals surface area contributed by atoms with Gasteiger partial charge >= 0.3 is 0 Å². The molecule has 2 aliphatic rings. The maximum absolute atomic E-state index is 12.5. The Morgan fingerprint density at radius 2 is 2.18 bits per heavy atom. The van der Waals surface area contributed by atoms with Crippen LogP contribution in [-0.2, 0) is 16.0 Å². The number of rotatable bonds is 4. The van der Waals surface area contributed by atoms with Crippen LogP contribution in [0.4, 0.5) is 0 Å². The molecule has 5 heteroatoms. The first-order valence-electron chi connectivity index (χ1n) is 8.28. The highest BCUT2D eigenvalue weighted by Gasteiger charge is 2.25. The van der Waals surface area contributed by atoms with Crippen molar-refractivity contribution in [1.29, 1.82) is 0 Å². The lowest BCUT2D eigenvalue weighted by Gasteiger charge is -2.35. The Morgan fingerprint density at radius 3 is 2.95 bits per heavy atom. The van der Waals surface area contributed by atoms with Crippen LogP contribution in [0, 0.1) is 5.92 Å². The first-order valence-corrected chi connectivity index (χ1v) is 8.28. The summed E-state index contributed by atoms with van der Waals surface area (Å²) in [7, 11) is 0. The number of aromatic nitrogens is 1. The Kier molecular flexibility index (Phi) is 5.40. The van der Waals surface area contributed by atoms with Crippen molar-refractivity contribution in [2.24, 2.45) is 5.92 Å². The third kappa shape index (κ3) is 4.27. The zero-order valence-corrected chi connectivity index (χ0v) is 13.1. The molecule has 1 unspecified atom stereocenters. The molecule has 2 fully saturated rings. The van der Waals surface area contributed by atoms with Crippen LogP contribution in [-0.4, -0.2) is 66.6 Å². The summed E-state index contributed by atoms with van der Waals surface area (Å²) in [5.41, 5.74) is 1.27. The van der Waals surface area contributed by atoms with E-state index in [4.69, 9.17) is 4.74 Å². The predicted molar refractivity (Wildman–Crippen MR) is 84.5 cm³/mol. The monoisotopic (exact) mass is 303 g/mol. The molecule has 0 aromatic carbocycles. The minimum Gasteiger partial charge on any atom is -0.379 e. The van der Waals surface area contributed by atoms with Crippen molar-refractivity contribution >= 4 is 5.91 Å². The lowest BCUT2D eigenvalue weighted by molar-refractivity contribution is -0.135. The van der Waals surface area contributed by atoms with Gasteiger partial charge in [0.15, 0.2) is 0 Å². The van der Waals surface area contributed by atoms with Gasteiger partial charge in [-0.3, -0.25) is 14.7 Å². The molecule has 2 saturated heterocycles. The molecule has 2 aliphatic heterocycles. The molecule has 1 aromatic rings. The minimum atomic E-state index is 0.276. The van der Waals surface area contributed by atoms with Crippen LogP contribution in [0.2, 0.25) is 0 Å². The van der Waals surface area contributed by atoms with Crippen LogP contribution >= 0.6 is 0 Å². The summed E-state index contributed by atoms with van der Waals surface area (Å²) in [5, 5.41) is 0. The number of nitrogens with zero attached hydrogens (tertiary/aromatic N) is 3. The average Bonchev–Trinajstić information content (AvgIpc) is 2.57. The number of piperidine rings is 1. The standard InChI is InChI=1S/C17H25N3O2/c21-17(14-19-7-9-22-10-8-19)20-6-2-4-16(13-20)11-15-3-1-5-18-12-15/h1,3,5,12,16H,2,4,6-11,13-14H2. The molecule has 5 nitrogen and oxygen atoms in total. The molecule has 0 spiro atoms. The third-order valence-corrected chi connectivity index (χ3v) is 4.58. The van der Waals surface area contributed by atoms with Crippen LogP contribution < -0.4 is 0 Å². The van der Waals surface area contributed by atoms with Gasteiger partial charge in [-0.15, -0.1) is 0 Å². The van der Waals surface area contributed by atoms with E-state index in [1.807, 2.05) is 18.5 Å². The molecule has 0 radical (unpaired) electrons. The highest BCUT2D eigenvalue weighted by Crippen LogP contribution is 2.20. The summed E-state index contributed by atoms with van der Waals surface area (Å²) in [6.45, 7) is 5.58. The fourth-order valence-electron chi connectivity index (χ4n) is 3.36. The minimum absolute atomic E-state index is 0.276. The average molecular weight is 303 g/mol. The van der Waals surface area contributed by atoms with Crippen LogP contribution in [0.15, 0.2) is 24.5 Å². The Morgan fingerprint density at radius 1 is 1.32 bits per heavy atom. The lowest BCUT2D eigenvalue weighted by atomic mass is 9.92. The summed E-state index contributed by atoms with van der Waals surface area (Å²) >= 11 is 0. The highest BCUT2D eigenvalue weighted by atomic mass is 16.5. The molecule has 0 saturated carbocycles. The van der Waals surface area contributed by atoms with Gasteiger partial charge in [-0.1, -0.05) is 6.07 Å². The number of carbonyl (C=O) groups excluding carboxylic acids is 1. The zero-order chi connectivity index (χ0) is 15.2. The van der Waals surface area contributed by atoms with Crippen molar-refractivity contribution < 1.29 is 9.53 Å². The Hall–Kier alpha value is -1.46. The molecule has 3 heterocycles. The topological polar surface area (TPSA) is 45.7 Å². The van der Waals surface area contributed by atoms with Gasteiger partial charge in [0.2, 0.25) is 5.91 Å². The van der Waals surface area contributed by atoms with Crippen LogP contribution in [0.25, 0.3) is 0 Å². The highest BCUT2D eigenvalue weighted by molar-refractivity contribution is 5.78. The molecule has 0 N–H and O–H groups in total. The van der Waals surface area contributed by atoms with Gasteiger partial charge in [0.05, 0.1) is 19.8 Å². The smallest absolute Gasteiger partial charge is 0.236 e. The molecular weight excluding hydrogens is 278 g/mol. The van der Waals surface area contributed by atoms with E-state index in [2.05, 4.69) is 20.9 Å². The largest absolute Gasteiger partial charge is 0.379 e. The van der Waals surface area contributed by atoms with E-state index in [1.165, 1.54) is 12.0 Å². The summed E-state index contributed by atoms with van der Waals surface area (Å²) < 4.78 is 5.34. The second-order valence-electron chi connectivity index (χ2n) is 6.30. The quantitative estimate of drug-likeness (QED) is 0.838. The first-order chi connectivity index (χ1) is 10.8. The molecule has 0 aliphatic carbocycles. The Labute approximate surface area is 132 Å². The number of morpholine rings is 1. The number of carbonyl (C=O) groups is 1. The predicted octanol–water partition coefficient (Wildman–Crippen LogP) is 1.19. The summed E-state index contributed by atoms with van der Waals surface area (Å²) in [4.78, 5) is 20.9. The summed E-state index contributed by atoms with van der Waals surface area (Å²) in [5.74, 6) is 0.837. The summed E-state index contributed by atoms with van der Waals surface area (Å²) in [6, 6.07) is 4.11. The fraction of sp³-hybridized carbons (Fsp3) is 0.647. The molecule has 3 rings (SSSR count). The number of amides is 1. The van der Waals surface area contributed by atoms with Crippen molar-refractivity contribution in [2.75, 3.05) is 45.9 Å². The van der Waals surface area contributed by atoms with Crippen LogP contribution in [0.5, 0.6) is 0 Å². The van der Waals surface area contributed by atoms with Gasteiger partial charge in [-0.05, 0) is 36.8 Å². The third-order valence-electron chi connectivity index (χ3n) is 4.58. The second-order valence-corrected chi connectivity index (χ2v) is 6.30. The Balaban J connectivity index is 1.50. The van der Waals surface area contributed by atoms with Crippen molar-refractivity contribution in [2.45, 2.75) is 19.3 Å². The van der Waals surface area contributed by atoms with Crippen LogP contribution in [0.3, 0.4) is 0 Å². The number of pyridine rings is 1. The molecule has 1 atom stereocenters. The van der Waals surface area contributed by atoms with E-state index in [9.17, 15) is 4.79 Å². The second kappa shape index (κ2) is 7.70. The maximum Gasteiger partial charge on any atom is 0.236 e. The van der Waals surface area contributed by atoms with Gasteiger partial charge in [-0.2, -0.15) is 0 Å². The van der Waals surface area contributed by atoms with Gasteiger partial charge in [0.25, 0.3) is 0 Å². The normalized spacial score (nSPS) is 23.5. The van der Waals surface area contributed by atoms with E-state index < -0.39 is 0 Å². The number of hydrogen-bond donors (Lipinski definition) is 0. The first kappa shape index (κ1) is 15.4. The van der Waals surface area contributed by atoms with Gasteiger partial charge in [-0.25, -0.2) is 0 Å². The molecule has 1 aromatic heterocycles. The van der Waals surface area contributed by atoms with E-state index in [0.717, 1.165) is 52.2 Å². The van der Waals surface area contributed by atoms with E-state index in [-0.39, 0.29) is 5.91 Å². The van der Waals surface area contributed by atoms with Gasteiger partial charge in [0.1, 0.15) is 0 Å². The number of ether oxygens (including phenoxy) is 1. The number of hydrogen-bond acceptors (Lipinski definition) is 4. The van der Waals surface area contributed by atoms with Gasteiger partial charge < -0.3 is 9.64 Å². The van der Waals surface area contributed by atoms with E-state index >= 15 is 0 Å². The molecular formula is C17H25N3O2. The molecule has 22 heavy (non-hydrogen) atoms. The lowest BCUT2D eigenvalue weighted by Crippen LogP contribution is -2.47. The van der Waals surface area contributed by atoms with Crippen molar-refractivity contribution in [3.8, 4) is 0 Å². The molecule has 1 amide bonds. The van der Waals surface area contributed by atoms with E-state index in [0.29, 0.717) is 12.5 Å². The SMILES string of the molecule is O=C(CN1CCOCC1)N1CCCC(Cc2cccnc2)C1. The zero-order valence-electron chi connectivity index (χ0n) is 13.1. The van der Waals surface area contributed by atoms with Crippen molar-refractivity contribution in [3.05, 3.63) is 30.1 Å². The molecule has 0 bridgehead atoms. The van der Waals surface area contributed by atoms with E-state index in [1.54, 1.807) is 0 Å². The Bertz CT molecular complexity index is 474. The maximum atomic E-state index is 12.5. The summed E-state index contributed by atoms with van der Waals surface area (Å²) in [6.07, 6.45) is 7.09. The number of likely N-dealkylation sites (tertiary alicyclic amines) is 1. The fourth-order valence-corrected chi connectivity index (χ4v) is 3.36. The van der Waals surface area contributed by atoms with Gasteiger partial charge in [0, 0.05) is 38.6 Å². The van der Waals surface area contributed by atoms with Crippen molar-refractivity contribution in [3.63, 3.8) is 0 Å². The molecule has 120 valence electrons. The van der Waals surface area contributed by atoms with Crippen molar-refractivity contribution in [1.82, 2.24) is 14.8 Å². The van der Waals surface area contributed by atoms with Crippen LogP contribution in [0.1, 0.15) is 18.4 Å².